The van der Waals surface area contributed by atoms with E-state index >= 15 is 0 Å². The van der Waals surface area contributed by atoms with Crippen molar-refractivity contribution < 1.29 is 29.1 Å². The number of imide groups is 2. The number of nitrogens with two attached hydrogens (primary N) is 1. The van der Waals surface area contributed by atoms with E-state index in [-0.39, 0.29) is 29.9 Å². The summed E-state index contributed by atoms with van der Waals surface area (Å²) >= 11 is 0. The number of aromatic hydroxyl groups is 1. The fourth-order valence-corrected chi connectivity index (χ4v) is 11.0. The number of nitrogens with one attached hydrogen (secondary N) is 1. The van der Waals surface area contributed by atoms with E-state index in [1.54, 1.807) is 30.3 Å². The van der Waals surface area contributed by atoms with Crippen LogP contribution in [0.3, 0.4) is 0 Å². The van der Waals surface area contributed by atoms with Gasteiger partial charge in [-0.2, -0.15) is 0 Å². The standard InChI is InChI=1S/C47H51N9O6/c48-41-38(25-36(50-51-41)34-8-4-5-9-39(34)57)54-22-17-47(18-23-54,31-6-2-1-3-7-31)45(62)55-28-46(29-55)16-21-52(27-46)26-30-14-19-53(20-15-30)32-10-11-33-35(24-32)44(61)56(43(33)60)37-12-13-40(58)49-42(37)59/h1-11,24-25,30,37,57H,12-23,26-29H2,(H2,48,51)(H,49,58,59). The average Bonchev–Trinajstić information content (AvgIpc) is 3.81. The van der Waals surface area contributed by atoms with Gasteiger partial charge < -0.3 is 30.4 Å². The van der Waals surface area contributed by atoms with Gasteiger partial charge in [0.05, 0.1) is 27.9 Å². The number of nitrogens with zero attached hydrogens (tertiary/aromatic N) is 7. The number of para-hydroxylation sites is 1. The van der Waals surface area contributed by atoms with Crippen molar-refractivity contribution >= 4 is 46.7 Å². The van der Waals surface area contributed by atoms with Crippen molar-refractivity contribution in [1.29, 1.82) is 0 Å². The first-order valence-electron chi connectivity index (χ1n) is 21.9. The summed E-state index contributed by atoms with van der Waals surface area (Å²) in [5, 5.41) is 21.2. The predicted octanol–water partition coefficient (Wildman–Crippen LogP) is 3.82. The second-order valence-corrected chi connectivity index (χ2v) is 18.2. The molecule has 4 N–H and O–H groups in total. The van der Waals surface area contributed by atoms with Gasteiger partial charge in [0.15, 0.2) is 5.82 Å². The van der Waals surface area contributed by atoms with E-state index in [0.29, 0.717) is 60.1 Å². The normalized spacial score (nSPS) is 22.5. The summed E-state index contributed by atoms with van der Waals surface area (Å²) in [6.07, 6.45) is 4.59. The second-order valence-electron chi connectivity index (χ2n) is 18.2. The number of hydrogen-bond acceptors (Lipinski definition) is 12. The SMILES string of the molecule is Nc1nnc(-c2ccccc2O)cc1N1CCC(C(=O)N2CC3(CCN(CC4CCN(c5ccc6c(c5)C(=O)N(C5CCC(=O)NC5=O)C6=O)CC4)C3)C2)(c2ccccc2)CC1. The zero-order valence-corrected chi connectivity index (χ0v) is 34.7. The fraction of sp³-hybridized carbons (Fsp3) is 0.426. The fourth-order valence-electron chi connectivity index (χ4n) is 11.0. The van der Waals surface area contributed by atoms with E-state index < -0.39 is 35.1 Å². The summed E-state index contributed by atoms with van der Waals surface area (Å²) in [5.41, 5.74) is 10.3. The number of phenols is 1. The highest BCUT2D eigenvalue weighted by molar-refractivity contribution is 6.23. The van der Waals surface area contributed by atoms with Gasteiger partial charge in [0, 0.05) is 75.4 Å². The first-order valence-corrected chi connectivity index (χ1v) is 21.9. The maximum atomic E-state index is 14.7. The van der Waals surface area contributed by atoms with Crippen LogP contribution in [0.1, 0.15) is 71.2 Å². The lowest BCUT2D eigenvalue weighted by Crippen LogP contribution is -2.64. The Kier molecular flexibility index (Phi) is 9.96. The molecule has 15 nitrogen and oxygen atoms in total. The van der Waals surface area contributed by atoms with Crippen LogP contribution in [0, 0.1) is 11.3 Å². The van der Waals surface area contributed by atoms with Crippen LogP contribution in [0.2, 0.25) is 0 Å². The molecule has 7 heterocycles. The summed E-state index contributed by atoms with van der Waals surface area (Å²) in [4.78, 5) is 75.7. The predicted molar refractivity (Wildman–Crippen MR) is 231 cm³/mol. The third-order valence-electron chi connectivity index (χ3n) is 14.5. The molecule has 1 atom stereocenters. The Morgan fingerprint density at radius 3 is 2.23 bits per heavy atom. The van der Waals surface area contributed by atoms with Gasteiger partial charge in [0.2, 0.25) is 17.7 Å². The molecule has 10 rings (SSSR count). The van der Waals surface area contributed by atoms with Crippen molar-refractivity contribution in [2.75, 3.05) is 74.4 Å². The number of anilines is 3. The minimum atomic E-state index is -0.979. The number of aromatic nitrogens is 2. The van der Waals surface area contributed by atoms with Crippen molar-refractivity contribution in [1.82, 2.24) is 30.2 Å². The zero-order chi connectivity index (χ0) is 42.8. The van der Waals surface area contributed by atoms with Crippen LogP contribution in [0.25, 0.3) is 11.3 Å². The van der Waals surface area contributed by atoms with Gasteiger partial charge >= 0.3 is 0 Å². The van der Waals surface area contributed by atoms with Crippen LogP contribution in [0.15, 0.2) is 78.9 Å². The Bertz CT molecular complexity index is 2460. The molecule has 6 aliphatic rings. The summed E-state index contributed by atoms with van der Waals surface area (Å²) in [7, 11) is 0. The molecule has 0 radical (unpaired) electrons. The number of carbonyl (C=O) groups is 5. The van der Waals surface area contributed by atoms with Crippen molar-refractivity contribution in [3.63, 3.8) is 0 Å². The number of carbonyl (C=O) groups excluding carboxylic acids is 5. The molecule has 4 aromatic rings. The number of nitrogen functional groups attached to an aromatic ring is 1. The molecule has 0 aliphatic carbocycles. The van der Waals surface area contributed by atoms with Crippen LogP contribution in [0.5, 0.6) is 5.75 Å². The minimum Gasteiger partial charge on any atom is -0.507 e. The third-order valence-corrected chi connectivity index (χ3v) is 14.5. The number of rotatable bonds is 8. The van der Waals surface area contributed by atoms with E-state index in [1.807, 2.05) is 36.4 Å². The molecule has 6 aliphatic heterocycles. The first-order chi connectivity index (χ1) is 30.0. The Morgan fingerprint density at radius 2 is 1.48 bits per heavy atom. The van der Waals surface area contributed by atoms with Gasteiger partial charge in [-0.3, -0.25) is 34.2 Å². The van der Waals surface area contributed by atoms with Gasteiger partial charge in [0.25, 0.3) is 11.8 Å². The smallest absolute Gasteiger partial charge is 0.262 e. The number of phenolic OH excluding ortho intramolecular Hbond substituents is 1. The van der Waals surface area contributed by atoms with E-state index in [1.165, 1.54) is 0 Å². The molecular formula is C47H51N9O6. The lowest BCUT2D eigenvalue weighted by atomic mass is 9.69. The van der Waals surface area contributed by atoms with Gasteiger partial charge in [-0.15, -0.1) is 10.2 Å². The lowest BCUT2D eigenvalue weighted by Gasteiger charge is -2.53. The van der Waals surface area contributed by atoms with Crippen molar-refractivity contribution in [3.05, 3.63) is 95.6 Å². The third kappa shape index (κ3) is 6.92. The highest BCUT2D eigenvalue weighted by Crippen LogP contribution is 2.46. The topological polar surface area (TPSA) is 186 Å². The maximum Gasteiger partial charge on any atom is 0.262 e. The van der Waals surface area contributed by atoms with Gasteiger partial charge in [-0.05, 0) is 92.9 Å². The molecule has 0 bridgehead atoms. The molecule has 3 aromatic carbocycles. The zero-order valence-electron chi connectivity index (χ0n) is 34.7. The molecular weight excluding hydrogens is 787 g/mol. The minimum absolute atomic E-state index is 0.0884. The summed E-state index contributed by atoms with van der Waals surface area (Å²) in [5.74, 6) is -0.792. The van der Waals surface area contributed by atoms with Crippen molar-refractivity contribution in [3.8, 4) is 17.0 Å². The number of amides is 5. The Hall–Kier alpha value is -6.35. The highest BCUT2D eigenvalue weighted by Gasteiger charge is 2.54. The van der Waals surface area contributed by atoms with Gasteiger partial charge in [0.1, 0.15) is 11.8 Å². The van der Waals surface area contributed by atoms with Crippen molar-refractivity contribution in [2.45, 2.75) is 56.4 Å². The molecule has 15 heteroatoms. The number of hydrogen-bond donors (Lipinski definition) is 3. The van der Waals surface area contributed by atoms with E-state index in [9.17, 15) is 29.1 Å². The Balaban J connectivity index is 0.741. The number of fused-ring (bicyclic) bond motifs is 1. The van der Waals surface area contributed by atoms with Crippen LogP contribution in [-0.4, -0.2) is 124 Å². The molecule has 1 spiro atoms. The number of likely N-dealkylation sites (tertiary alicyclic amines) is 2. The Labute approximate surface area is 359 Å². The summed E-state index contributed by atoms with van der Waals surface area (Å²) in [6.45, 7) is 7.48. The van der Waals surface area contributed by atoms with E-state index in [4.69, 9.17) is 5.73 Å². The number of benzene rings is 3. The Morgan fingerprint density at radius 1 is 0.758 bits per heavy atom. The molecule has 1 unspecified atom stereocenters. The number of piperidine rings is 3. The molecule has 5 fully saturated rings. The van der Waals surface area contributed by atoms with Crippen LogP contribution >= 0.6 is 0 Å². The molecule has 320 valence electrons. The first kappa shape index (κ1) is 39.8. The van der Waals surface area contributed by atoms with E-state index in [2.05, 4.69) is 47.2 Å². The lowest BCUT2D eigenvalue weighted by molar-refractivity contribution is -0.150. The molecule has 0 saturated carbocycles. The summed E-state index contributed by atoms with van der Waals surface area (Å²) in [6, 6.07) is 23.5. The average molecular weight is 838 g/mol. The van der Waals surface area contributed by atoms with Crippen LogP contribution in [-0.2, 0) is 19.8 Å². The monoisotopic (exact) mass is 837 g/mol. The maximum absolute atomic E-state index is 14.7. The molecule has 5 amide bonds. The van der Waals surface area contributed by atoms with Crippen LogP contribution in [0.4, 0.5) is 17.2 Å². The molecule has 5 saturated heterocycles. The van der Waals surface area contributed by atoms with Crippen molar-refractivity contribution in [2.24, 2.45) is 11.3 Å². The van der Waals surface area contributed by atoms with Gasteiger partial charge in [-0.1, -0.05) is 42.5 Å². The molecule has 62 heavy (non-hydrogen) atoms. The second kappa shape index (κ2) is 15.5. The molecule has 1 aromatic heterocycles. The van der Waals surface area contributed by atoms with E-state index in [0.717, 1.165) is 86.9 Å². The largest absolute Gasteiger partial charge is 0.507 e. The highest BCUT2D eigenvalue weighted by atomic mass is 16.3. The quantitative estimate of drug-likeness (QED) is 0.219. The van der Waals surface area contributed by atoms with Gasteiger partial charge in [-0.25, -0.2) is 0 Å². The van der Waals surface area contributed by atoms with Crippen LogP contribution < -0.4 is 20.9 Å². The summed E-state index contributed by atoms with van der Waals surface area (Å²) < 4.78 is 0.